The Morgan fingerprint density at radius 2 is 1.57 bits per heavy atom. The molecule has 2 amide bonds. The summed E-state index contributed by atoms with van der Waals surface area (Å²) in [5, 5.41) is 0. The number of hydrogen-bond acceptors (Lipinski definition) is 6. The van der Waals surface area contributed by atoms with Crippen LogP contribution in [0.15, 0.2) is 59.1 Å². The summed E-state index contributed by atoms with van der Waals surface area (Å²) in [5.41, 5.74) is 1.12. The van der Waals surface area contributed by atoms with Crippen molar-refractivity contribution in [3.8, 4) is 0 Å². The van der Waals surface area contributed by atoms with E-state index in [4.69, 9.17) is 4.84 Å². The first-order chi connectivity index (χ1) is 19.8. The average molecular weight is 615 g/mol. The van der Waals surface area contributed by atoms with Crippen LogP contribution in [0.3, 0.4) is 0 Å². The van der Waals surface area contributed by atoms with Crippen molar-refractivity contribution in [3.63, 3.8) is 0 Å². The number of carbonyl (C=O) groups excluding carboxylic acids is 2. The van der Waals surface area contributed by atoms with Crippen LogP contribution in [0.5, 0.6) is 0 Å². The maximum atomic E-state index is 13.5. The molecule has 0 aromatic heterocycles. The monoisotopic (exact) mass is 614 g/mol. The lowest BCUT2D eigenvalue weighted by Gasteiger charge is -2.35. The van der Waals surface area contributed by atoms with Gasteiger partial charge in [0.25, 0.3) is 5.91 Å². The van der Waals surface area contributed by atoms with Crippen molar-refractivity contribution in [2.45, 2.75) is 35.9 Å². The maximum absolute atomic E-state index is 13.5. The van der Waals surface area contributed by atoms with Gasteiger partial charge in [-0.3, -0.25) is 19.9 Å². The maximum Gasteiger partial charge on any atom is 0.416 e. The van der Waals surface area contributed by atoms with E-state index in [-0.39, 0.29) is 76.0 Å². The molecule has 0 radical (unpaired) electrons. The minimum absolute atomic E-state index is 0.0308. The van der Waals surface area contributed by atoms with Crippen LogP contribution in [0.4, 0.5) is 22.0 Å². The van der Waals surface area contributed by atoms with Crippen LogP contribution in [-0.2, 0) is 37.0 Å². The molecule has 5 rings (SSSR count). The van der Waals surface area contributed by atoms with Crippen LogP contribution in [-0.4, -0.2) is 79.2 Å². The van der Waals surface area contributed by atoms with Gasteiger partial charge in [0, 0.05) is 39.3 Å². The minimum Gasteiger partial charge on any atom is -0.339 e. The first-order valence-electron chi connectivity index (χ1n) is 13.1. The zero-order chi connectivity index (χ0) is 30.3. The van der Waals surface area contributed by atoms with Gasteiger partial charge < -0.3 is 9.80 Å². The van der Waals surface area contributed by atoms with Gasteiger partial charge in [-0.25, -0.2) is 17.2 Å². The van der Waals surface area contributed by atoms with E-state index >= 15 is 0 Å². The van der Waals surface area contributed by atoms with Crippen molar-refractivity contribution in [3.05, 3.63) is 77.0 Å². The van der Waals surface area contributed by atoms with Crippen molar-refractivity contribution < 1.29 is 44.8 Å². The standard InChI is InChI=1S/C27H27F5N4O5S/c28-21-5-4-18(14-22(21)29)15-24(37)34-10-12-35(13-11-34)25(38)23-17-26(41-33-23)6-8-36(9-7-26)42(39,40)20-3-1-2-19(16-20)27(30,31)32/h1-5,14,16-17,33H,6-13,15H2. The SMILES string of the molecule is O=C(Cc1ccc(F)c(F)c1)N1CCN(C(=O)C2=CC3(CCN(S(=O)(=O)c4cccc(C(F)(F)F)c4)CC3)ON2)CC1. The number of alkyl halides is 3. The van der Waals surface area contributed by atoms with Crippen LogP contribution in [0.25, 0.3) is 0 Å². The van der Waals surface area contributed by atoms with E-state index in [0.717, 1.165) is 34.6 Å². The van der Waals surface area contributed by atoms with Crippen molar-refractivity contribution in [1.82, 2.24) is 19.6 Å². The third-order valence-electron chi connectivity index (χ3n) is 7.63. The number of piperazine rings is 1. The minimum atomic E-state index is -4.68. The van der Waals surface area contributed by atoms with Gasteiger partial charge in [-0.1, -0.05) is 12.1 Å². The average Bonchev–Trinajstić information content (AvgIpc) is 3.37. The van der Waals surface area contributed by atoms with E-state index in [1.807, 2.05) is 0 Å². The van der Waals surface area contributed by atoms with Crippen LogP contribution in [0, 0.1) is 11.6 Å². The van der Waals surface area contributed by atoms with E-state index in [1.54, 1.807) is 11.0 Å². The lowest BCUT2D eigenvalue weighted by Crippen LogP contribution is -2.51. The fraction of sp³-hybridized carbons (Fsp3) is 0.407. The van der Waals surface area contributed by atoms with Gasteiger partial charge in [0.2, 0.25) is 15.9 Å². The highest BCUT2D eigenvalue weighted by Crippen LogP contribution is 2.36. The molecule has 2 fully saturated rings. The number of nitrogens with one attached hydrogen (secondary N) is 1. The molecule has 0 bridgehead atoms. The summed E-state index contributed by atoms with van der Waals surface area (Å²) in [7, 11) is -4.18. The molecule has 9 nitrogen and oxygen atoms in total. The second-order valence-corrected chi connectivity index (χ2v) is 12.3. The van der Waals surface area contributed by atoms with Gasteiger partial charge in [0.15, 0.2) is 11.6 Å². The van der Waals surface area contributed by atoms with Gasteiger partial charge in [0.1, 0.15) is 11.3 Å². The lowest BCUT2D eigenvalue weighted by atomic mass is 9.92. The Bertz CT molecular complexity index is 1510. The number of halogens is 5. The molecule has 1 spiro atoms. The van der Waals surface area contributed by atoms with E-state index in [1.165, 1.54) is 11.0 Å². The third-order valence-corrected chi connectivity index (χ3v) is 9.52. The normalized spacial score (nSPS) is 19.5. The number of hydroxylamine groups is 1. The number of amides is 2. The van der Waals surface area contributed by atoms with Crippen LogP contribution < -0.4 is 5.48 Å². The van der Waals surface area contributed by atoms with Crippen LogP contribution in [0.1, 0.15) is 24.0 Å². The summed E-state index contributed by atoms with van der Waals surface area (Å²) in [6.45, 7) is 0.897. The molecule has 2 aromatic carbocycles. The lowest BCUT2D eigenvalue weighted by molar-refractivity contribution is -0.138. The van der Waals surface area contributed by atoms with E-state index in [2.05, 4.69) is 5.48 Å². The largest absolute Gasteiger partial charge is 0.416 e. The number of hydrogen-bond donors (Lipinski definition) is 1. The summed E-state index contributed by atoms with van der Waals surface area (Å²) >= 11 is 0. The molecule has 3 aliphatic rings. The number of sulfonamides is 1. The Balaban J connectivity index is 1.15. The Labute approximate surface area is 238 Å². The highest BCUT2D eigenvalue weighted by molar-refractivity contribution is 7.89. The Kier molecular flexibility index (Phi) is 8.02. The molecule has 42 heavy (non-hydrogen) atoms. The van der Waals surface area contributed by atoms with Crippen molar-refractivity contribution in [2.75, 3.05) is 39.3 Å². The summed E-state index contributed by atoms with van der Waals surface area (Å²) < 4.78 is 93.0. The number of nitrogens with zero attached hydrogens (tertiary/aromatic N) is 3. The fourth-order valence-corrected chi connectivity index (χ4v) is 6.67. The predicted molar refractivity (Wildman–Crippen MR) is 138 cm³/mol. The molecule has 1 N–H and O–H groups in total. The quantitative estimate of drug-likeness (QED) is 0.521. The number of piperidine rings is 1. The van der Waals surface area contributed by atoms with Gasteiger partial charge in [0.05, 0.1) is 16.9 Å². The summed E-state index contributed by atoms with van der Waals surface area (Å²) in [4.78, 5) is 34.1. The number of benzene rings is 2. The topological polar surface area (TPSA) is 99.3 Å². The summed E-state index contributed by atoms with van der Waals surface area (Å²) in [6.07, 6.45) is -2.84. The third kappa shape index (κ3) is 6.13. The van der Waals surface area contributed by atoms with Gasteiger partial charge >= 0.3 is 6.18 Å². The molecular weight excluding hydrogens is 587 g/mol. The van der Waals surface area contributed by atoms with E-state index in [9.17, 15) is 40.0 Å². The van der Waals surface area contributed by atoms with Crippen molar-refractivity contribution in [2.24, 2.45) is 0 Å². The predicted octanol–water partition coefficient (Wildman–Crippen LogP) is 2.84. The van der Waals surface area contributed by atoms with Gasteiger partial charge in [-0.05, 0) is 54.8 Å². The smallest absolute Gasteiger partial charge is 0.339 e. The molecular formula is C27H27F5N4O5S. The summed E-state index contributed by atoms with van der Waals surface area (Å²) in [5.74, 6) is -2.67. The van der Waals surface area contributed by atoms with Gasteiger partial charge in [-0.2, -0.15) is 17.5 Å². The summed E-state index contributed by atoms with van der Waals surface area (Å²) in [6, 6.07) is 6.87. The van der Waals surface area contributed by atoms with Crippen molar-refractivity contribution in [1.29, 1.82) is 0 Å². The van der Waals surface area contributed by atoms with E-state index in [0.29, 0.717) is 11.6 Å². The fourth-order valence-electron chi connectivity index (χ4n) is 5.18. The highest BCUT2D eigenvalue weighted by Gasteiger charge is 2.44. The molecule has 226 valence electrons. The molecule has 0 saturated carbocycles. The Morgan fingerprint density at radius 3 is 2.21 bits per heavy atom. The molecule has 0 atom stereocenters. The molecule has 2 saturated heterocycles. The molecule has 15 heteroatoms. The molecule has 0 unspecified atom stereocenters. The Hall–Kier alpha value is -3.56. The second kappa shape index (κ2) is 11.3. The van der Waals surface area contributed by atoms with Gasteiger partial charge in [-0.15, -0.1) is 0 Å². The Morgan fingerprint density at radius 1 is 0.905 bits per heavy atom. The van der Waals surface area contributed by atoms with Crippen LogP contribution in [0.2, 0.25) is 0 Å². The second-order valence-electron chi connectivity index (χ2n) is 10.4. The number of carbonyl (C=O) groups is 2. The first-order valence-corrected chi connectivity index (χ1v) is 14.6. The molecule has 3 aliphatic heterocycles. The van der Waals surface area contributed by atoms with Crippen LogP contribution >= 0.6 is 0 Å². The molecule has 0 aliphatic carbocycles. The molecule has 3 heterocycles. The zero-order valence-corrected chi connectivity index (χ0v) is 23.0. The molecule has 2 aromatic rings. The highest BCUT2D eigenvalue weighted by atomic mass is 32.2. The number of rotatable bonds is 5. The zero-order valence-electron chi connectivity index (χ0n) is 22.2. The first kappa shape index (κ1) is 29.9. The van der Waals surface area contributed by atoms with Crippen molar-refractivity contribution >= 4 is 21.8 Å². The van der Waals surface area contributed by atoms with E-state index < -0.39 is 43.9 Å².